The highest BCUT2D eigenvalue weighted by atomic mass is 19.4. The lowest BCUT2D eigenvalue weighted by Crippen LogP contribution is -2.43. The molecule has 0 bridgehead atoms. The minimum atomic E-state index is -5.45. The molecule has 1 aromatic heterocycles. The molecule has 0 aliphatic heterocycles. The largest absolute Gasteiger partial charge is 0.423 e. The zero-order chi connectivity index (χ0) is 23.6. The summed E-state index contributed by atoms with van der Waals surface area (Å²) in [5.74, 6) is -1.77. The van der Waals surface area contributed by atoms with Crippen molar-refractivity contribution in [3.05, 3.63) is 29.6 Å². The highest BCUT2D eigenvalue weighted by Crippen LogP contribution is 2.27. The Balaban J connectivity index is 2.51. The zero-order valence-electron chi connectivity index (χ0n) is 17.7. The molecule has 2 amide bonds. The predicted molar refractivity (Wildman–Crippen MR) is 104 cm³/mol. The van der Waals surface area contributed by atoms with E-state index in [2.05, 4.69) is 10.3 Å². The Hall–Kier alpha value is -2.34. The second-order valence-corrected chi connectivity index (χ2v) is 7.10. The fourth-order valence-corrected chi connectivity index (χ4v) is 2.51. The van der Waals surface area contributed by atoms with Crippen LogP contribution in [0.3, 0.4) is 0 Å². The van der Waals surface area contributed by atoms with Crippen molar-refractivity contribution in [2.24, 2.45) is 0 Å². The maximum absolute atomic E-state index is 13.3. The lowest BCUT2D eigenvalue weighted by atomic mass is 10.2. The number of hydrogen-bond donors (Lipinski definition) is 2. The summed E-state index contributed by atoms with van der Waals surface area (Å²) in [6, 6.07) is 3.00. The van der Waals surface area contributed by atoms with Crippen LogP contribution in [-0.2, 0) is 22.7 Å². The summed E-state index contributed by atoms with van der Waals surface area (Å²) in [5, 5.41) is 4.89. The molecule has 2 atom stereocenters. The van der Waals surface area contributed by atoms with Crippen LogP contribution in [-0.4, -0.2) is 85.4 Å². The summed E-state index contributed by atoms with van der Waals surface area (Å²) in [5.41, 5.74) is 0.939. The van der Waals surface area contributed by atoms with Gasteiger partial charge in [0.05, 0.1) is 12.2 Å². The van der Waals surface area contributed by atoms with Crippen LogP contribution in [0.4, 0.5) is 22.0 Å². The van der Waals surface area contributed by atoms with E-state index in [-0.39, 0.29) is 25.5 Å². The minimum Gasteiger partial charge on any atom is -0.349 e. The minimum absolute atomic E-state index is 0.0767. The van der Waals surface area contributed by atoms with Crippen LogP contribution in [0.1, 0.15) is 18.2 Å². The number of carbonyl (C=O) groups excluding carboxylic acids is 2. The van der Waals surface area contributed by atoms with E-state index in [1.165, 1.54) is 18.3 Å². The number of nitrogens with one attached hydrogen (secondary N) is 2. The first-order chi connectivity index (χ1) is 14.5. The molecule has 2 unspecified atom stereocenters. The molecule has 176 valence electrons. The Morgan fingerprint density at radius 2 is 1.84 bits per heavy atom. The molecule has 7 nitrogen and oxygen atoms in total. The van der Waals surface area contributed by atoms with Gasteiger partial charge < -0.3 is 20.4 Å². The molecular formula is C19H28F5N5O2. The number of alkyl halides is 5. The second kappa shape index (κ2) is 12.5. The van der Waals surface area contributed by atoms with E-state index in [0.29, 0.717) is 24.3 Å². The highest BCUT2D eigenvalue weighted by Gasteiger charge is 2.48. The molecule has 31 heavy (non-hydrogen) atoms. The van der Waals surface area contributed by atoms with Gasteiger partial charge in [-0.3, -0.25) is 14.6 Å². The summed E-state index contributed by atoms with van der Waals surface area (Å²) < 4.78 is 62.7. The van der Waals surface area contributed by atoms with E-state index in [0.717, 1.165) is 6.54 Å². The van der Waals surface area contributed by atoms with Crippen molar-refractivity contribution in [3.63, 3.8) is 0 Å². The predicted octanol–water partition coefficient (Wildman–Crippen LogP) is 1.44. The first-order valence-corrected chi connectivity index (χ1v) is 9.65. The molecule has 0 aliphatic rings. The number of halogens is 5. The van der Waals surface area contributed by atoms with E-state index < -0.39 is 24.4 Å². The second-order valence-electron chi connectivity index (χ2n) is 7.10. The molecule has 0 radical (unpaired) electrons. The molecule has 0 spiro atoms. The van der Waals surface area contributed by atoms with E-state index in [1.54, 1.807) is 4.90 Å². The molecule has 1 rings (SSSR count). The van der Waals surface area contributed by atoms with E-state index in [1.807, 2.05) is 31.2 Å². The summed E-state index contributed by atoms with van der Waals surface area (Å²) in [6.07, 6.45) is -11.3. The third-order valence-electron chi connectivity index (χ3n) is 4.30. The number of carbonyl (C=O) groups is 2. The molecule has 0 saturated carbocycles. The van der Waals surface area contributed by atoms with Gasteiger partial charge in [-0.15, -0.1) is 0 Å². The number of hydrogen-bond acceptors (Lipinski definition) is 5. The van der Waals surface area contributed by atoms with Crippen molar-refractivity contribution in [1.29, 1.82) is 0 Å². The van der Waals surface area contributed by atoms with Crippen molar-refractivity contribution in [2.75, 3.05) is 40.3 Å². The number of likely N-dealkylation sites (N-methyl/N-ethyl adjacent to an activating group) is 2. The first kappa shape index (κ1) is 26.7. The van der Waals surface area contributed by atoms with Gasteiger partial charge in [-0.25, -0.2) is 8.78 Å². The van der Waals surface area contributed by atoms with Crippen molar-refractivity contribution in [3.8, 4) is 0 Å². The van der Waals surface area contributed by atoms with Crippen LogP contribution in [0, 0.1) is 0 Å². The SMILES string of the molecule is CCN(CCN(C)C)C(=O)CNCc1cc(CNC(=O)C(F)C(F)C(F)(F)F)ccn1. The average molecular weight is 453 g/mol. The van der Waals surface area contributed by atoms with Gasteiger partial charge >= 0.3 is 6.18 Å². The van der Waals surface area contributed by atoms with Crippen LogP contribution >= 0.6 is 0 Å². The fraction of sp³-hybridized carbons (Fsp3) is 0.632. The molecule has 0 saturated heterocycles. The molecule has 0 aromatic carbocycles. The monoisotopic (exact) mass is 453 g/mol. The van der Waals surface area contributed by atoms with Gasteiger partial charge in [-0.05, 0) is 38.7 Å². The Bertz CT molecular complexity index is 717. The summed E-state index contributed by atoms with van der Waals surface area (Å²) in [6.45, 7) is 3.81. The lowest BCUT2D eigenvalue weighted by Gasteiger charge is -2.23. The van der Waals surface area contributed by atoms with Gasteiger partial charge in [-0.2, -0.15) is 13.2 Å². The first-order valence-electron chi connectivity index (χ1n) is 9.65. The number of nitrogens with zero attached hydrogens (tertiary/aromatic N) is 3. The fourth-order valence-electron chi connectivity index (χ4n) is 2.51. The Labute approximate surface area is 178 Å². The lowest BCUT2D eigenvalue weighted by molar-refractivity contribution is -0.198. The van der Waals surface area contributed by atoms with Gasteiger partial charge in [0.1, 0.15) is 0 Å². The Kier molecular flexibility index (Phi) is 10.8. The van der Waals surface area contributed by atoms with Crippen molar-refractivity contribution in [1.82, 2.24) is 25.4 Å². The van der Waals surface area contributed by atoms with Crippen LogP contribution in [0.2, 0.25) is 0 Å². The van der Waals surface area contributed by atoms with Crippen molar-refractivity contribution in [2.45, 2.75) is 38.5 Å². The molecule has 12 heteroatoms. The van der Waals surface area contributed by atoms with Gasteiger partial charge in [0.15, 0.2) is 0 Å². The maximum Gasteiger partial charge on any atom is 0.423 e. The van der Waals surface area contributed by atoms with Gasteiger partial charge in [0, 0.05) is 38.9 Å². The van der Waals surface area contributed by atoms with E-state index in [4.69, 9.17) is 0 Å². The smallest absolute Gasteiger partial charge is 0.349 e. The van der Waals surface area contributed by atoms with Crippen molar-refractivity contribution >= 4 is 11.8 Å². The van der Waals surface area contributed by atoms with Crippen LogP contribution in [0.5, 0.6) is 0 Å². The van der Waals surface area contributed by atoms with Crippen LogP contribution in [0.15, 0.2) is 18.3 Å². The quantitative estimate of drug-likeness (QED) is 0.469. The van der Waals surface area contributed by atoms with E-state index >= 15 is 0 Å². The summed E-state index contributed by atoms with van der Waals surface area (Å²) >= 11 is 0. The summed E-state index contributed by atoms with van der Waals surface area (Å²) in [7, 11) is 3.83. The average Bonchev–Trinajstić information content (AvgIpc) is 2.70. The molecular weight excluding hydrogens is 425 g/mol. The Morgan fingerprint density at radius 3 is 2.42 bits per heavy atom. The topological polar surface area (TPSA) is 77.6 Å². The maximum atomic E-state index is 13.3. The van der Waals surface area contributed by atoms with E-state index in [9.17, 15) is 31.5 Å². The highest BCUT2D eigenvalue weighted by molar-refractivity contribution is 5.81. The summed E-state index contributed by atoms with van der Waals surface area (Å²) in [4.78, 5) is 31.4. The normalized spacial score (nSPS) is 13.7. The molecule has 2 N–H and O–H groups in total. The number of pyridine rings is 1. The Morgan fingerprint density at radius 1 is 1.16 bits per heavy atom. The molecule has 0 fully saturated rings. The van der Waals surface area contributed by atoms with Gasteiger partial charge in [-0.1, -0.05) is 0 Å². The standard InChI is InChI=1S/C19H28F5N5O2/c1-4-29(8-7-28(2)3)15(30)12-25-11-14-9-13(5-6-26-14)10-27-18(31)16(20)17(21)19(22,23)24/h5-6,9,16-17,25H,4,7-8,10-12H2,1-3H3,(H,27,31). The molecule has 1 heterocycles. The number of amides is 2. The third kappa shape index (κ3) is 9.55. The number of rotatable bonds is 12. The molecule has 0 aliphatic carbocycles. The van der Waals surface area contributed by atoms with Crippen LogP contribution < -0.4 is 10.6 Å². The van der Waals surface area contributed by atoms with Gasteiger partial charge in [0.2, 0.25) is 18.3 Å². The molecule has 1 aromatic rings. The van der Waals surface area contributed by atoms with Gasteiger partial charge in [0.25, 0.3) is 5.91 Å². The zero-order valence-corrected chi connectivity index (χ0v) is 17.7. The van der Waals surface area contributed by atoms with Crippen LogP contribution in [0.25, 0.3) is 0 Å². The van der Waals surface area contributed by atoms with Crippen molar-refractivity contribution < 1.29 is 31.5 Å². The number of aromatic nitrogens is 1. The third-order valence-corrected chi connectivity index (χ3v) is 4.30.